The zero-order valence-corrected chi connectivity index (χ0v) is 12.8. The van der Waals surface area contributed by atoms with Crippen molar-refractivity contribution < 1.29 is 14.0 Å². The summed E-state index contributed by atoms with van der Waals surface area (Å²) in [5.41, 5.74) is 1.15. The van der Waals surface area contributed by atoms with E-state index in [4.69, 9.17) is 14.0 Å². The quantitative estimate of drug-likeness (QED) is 0.845. The molecular weight excluding hydrogens is 270 g/mol. The van der Waals surface area contributed by atoms with Crippen LogP contribution in [0.4, 0.5) is 0 Å². The van der Waals surface area contributed by atoms with Crippen LogP contribution in [0, 0.1) is 6.92 Å². The van der Waals surface area contributed by atoms with Crippen molar-refractivity contribution in [2.45, 2.75) is 33.4 Å². The molecule has 2 rings (SSSR count). The number of hydrogen-bond donors (Lipinski definition) is 1. The third kappa shape index (κ3) is 3.95. The summed E-state index contributed by atoms with van der Waals surface area (Å²) in [5, 5.41) is 7.16. The number of nitrogens with zero attached hydrogens (tertiary/aromatic N) is 2. The predicted molar refractivity (Wildman–Crippen MR) is 78.5 cm³/mol. The lowest BCUT2D eigenvalue weighted by Gasteiger charge is -2.16. The molecule has 0 aliphatic rings. The molecule has 0 spiro atoms. The highest BCUT2D eigenvalue weighted by molar-refractivity contribution is 5.43. The standard InChI is InChI=1S/C15H21N3O3/c1-5-16-10(2)12-6-7-13(14(8-12)19-4)20-9-15-17-11(3)21-18-15/h6-8,10,16H,5,9H2,1-4H3. The number of methoxy groups -OCH3 is 1. The fourth-order valence-corrected chi connectivity index (χ4v) is 2.04. The molecule has 114 valence electrons. The van der Waals surface area contributed by atoms with E-state index >= 15 is 0 Å². The van der Waals surface area contributed by atoms with E-state index < -0.39 is 0 Å². The summed E-state index contributed by atoms with van der Waals surface area (Å²) in [6.07, 6.45) is 0. The van der Waals surface area contributed by atoms with Crippen molar-refractivity contribution in [2.24, 2.45) is 0 Å². The summed E-state index contributed by atoms with van der Waals surface area (Å²) in [5.74, 6) is 2.39. The van der Waals surface area contributed by atoms with E-state index in [1.165, 1.54) is 0 Å². The molecular formula is C15H21N3O3. The summed E-state index contributed by atoms with van der Waals surface area (Å²) in [6, 6.07) is 6.16. The molecule has 0 aliphatic heterocycles. The zero-order chi connectivity index (χ0) is 15.2. The summed E-state index contributed by atoms with van der Waals surface area (Å²) in [6.45, 7) is 7.10. The number of aryl methyl sites for hydroxylation is 1. The Morgan fingerprint density at radius 2 is 2.14 bits per heavy atom. The van der Waals surface area contributed by atoms with Crippen LogP contribution >= 0.6 is 0 Å². The Morgan fingerprint density at radius 3 is 2.76 bits per heavy atom. The highest BCUT2D eigenvalue weighted by Gasteiger charge is 2.11. The van der Waals surface area contributed by atoms with E-state index in [1.54, 1.807) is 14.0 Å². The minimum atomic E-state index is 0.246. The van der Waals surface area contributed by atoms with Crippen LogP contribution in [0.15, 0.2) is 22.7 Å². The summed E-state index contributed by atoms with van der Waals surface area (Å²) in [4.78, 5) is 4.10. The maximum Gasteiger partial charge on any atom is 0.223 e. The van der Waals surface area contributed by atoms with Crippen LogP contribution in [0.25, 0.3) is 0 Å². The van der Waals surface area contributed by atoms with E-state index in [-0.39, 0.29) is 12.6 Å². The molecule has 6 heteroatoms. The van der Waals surface area contributed by atoms with Gasteiger partial charge in [-0.1, -0.05) is 18.1 Å². The number of benzene rings is 1. The molecule has 0 bridgehead atoms. The molecule has 0 aliphatic carbocycles. The number of ether oxygens (including phenoxy) is 2. The largest absolute Gasteiger partial charge is 0.493 e. The summed E-state index contributed by atoms with van der Waals surface area (Å²) in [7, 11) is 1.63. The number of aromatic nitrogens is 2. The first-order chi connectivity index (χ1) is 10.1. The minimum Gasteiger partial charge on any atom is -0.493 e. The van der Waals surface area contributed by atoms with Crippen molar-refractivity contribution in [3.63, 3.8) is 0 Å². The molecule has 1 aromatic carbocycles. The molecule has 0 saturated carbocycles. The van der Waals surface area contributed by atoms with Gasteiger partial charge in [-0.15, -0.1) is 0 Å². The van der Waals surface area contributed by atoms with Gasteiger partial charge in [0.25, 0.3) is 0 Å². The van der Waals surface area contributed by atoms with Crippen molar-refractivity contribution >= 4 is 0 Å². The monoisotopic (exact) mass is 291 g/mol. The number of nitrogens with one attached hydrogen (secondary N) is 1. The van der Waals surface area contributed by atoms with Crippen LogP contribution in [0.1, 0.15) is 37.2 Å². The molecule has 1 unspecified atom stereocenters. The molecule has 1 heterocycles. The van der Waals surface area contributed by atoms with Crippen LogP contribution < -0.4 is 14.8 Å². The van der Waals surface area contributed by atoms with Crippen molar-refractivity contribution in [1.29, 1.82) is 0 Å². The predicted octanol–water partition coefficient (Wildman–Crippen LogP) is 2.64. The van der Waals surface area contributed by atoms with Crippen molar-refractivity contribution in [1.82, 2.24) is 15.5 Å². The molecule has 0 radical (unpaired) electrons. The van der Waals surface area contributed by atoms with Gasteiger partial charge in [0.1, 0.15) is 0 Å². The van der Waals surface area contributed by atoms with Gasteiger partial charge in [-0.05, 0) is 31.2 Å². The Hall–Kier alpha value is -2.08. The van der Waals surface area contributed by atoms with Crippen LogP contribution in [0.3, 0.4) is 0 Å². The SMILES string of the molecule is CCNC(C)c1ccc(OCc2noc(C)n2)c(OC)c1. The Labute approximate surface area is 124 Å². The number of rotatable bonds is 7. The first-order valence-corrected chi connectivity index (χ1v) is 6.97. The molecule has 0 saturated heterocycles. The van der Waals surface area contributed by atoms with Gasteiger partial charge in [0.15, 0.2) is 18.1 Å². The first kappa shape index (κ1) is 15.3. The lowest BCUT2D eigenvalue weighted by atomic mass is 10.1. The third-order valence-electron chi connectivity index (χ3n) is 3.12. The summed E-state index contributed by atoms with van der Waals surface area (Å²) < 4.78 is 16.0. The molecule has 0 amide bonds. The van der Waals surface area contributed by atoms with Gasteiger partial charge in [0.2, 0.25) is 11.7 Å². The molecule has 21 heavy (non-hydrogen) atoms. The van der Waals surface area contributed by atoms with Gasteiger partial charge in [-0.3, -0.25) is 0 Å². The van der Waals surface area contributed by atoms with Gasteiger partial charge in [0.05, 0.1) is 7.11 Å². The number of hydrogen-bond acceptors (Lipinski definition) is 6. The van der Waals surface area contributed by atoms with Gasteiger partial charge < -0.3 is 19.3 Å². The average molecular weight is 291 g/mol. The summed E-state index contributed by atoms with van der Waals surface area (Å²) >= 11 is 0. The van der Waals surface area contributed by atoms with E-state index in [1.807, 2.05) is 18.2 Å². The van der Waals surface area contributed by atoms with E-state index in [9.17, 15) is 0 Å². The van der Waals surface area contributed by atoms with E-state index in [2.05, 4.69) is 29.3 Å². The van der Waals surface area contributed by atoms with Gasteiger partial charge >= 0.3 is 0 Å². The highest BCUT2D eigenvalue weighted by Crippen LogP contribution is 2.30. The Morgan fingerprint density at radius 1 is 1.33 bits per heavy atom. The molecule has 1 aromatic heterocycles. The normalized spacial score (nSPS) is 12.2. The second-order valence-electron chi connectivity index (χ2n) is 4.71. The molecule has 1 atom stereocenters. The Balaban J connectivity index is 2.08. The second-order valence-corrected chi connectivity index (χ2v) is 4.71. The highest BCUT2D eigenvalue weighted by atomic mass is 16.5. The third-order valence-corrected chi connectivity index (χ3v) is 3.12. The molecule has 2 aromatic rings. The van der Waals surface area contributed by atoms with Gasteiger partial charge in [0, 0.05) is 13.0 Å². The lowest BCUT2D eigenvalue weighted by Crippen LogP contribution is -2.17. The van der Waals surface area contributed by atoms with Gasteiger partial charge in [-0.2, -0.15) is 4.98 Å². The maximum atomic E-state index is 5.69. The second kappa shape index (κ2) is 7.08. The van der Waals surface area contributed by atoms with Crippen LogP contribution in [-0.2, 0) is 6.61 Å². The molecule has 0 fully saturated rings. The van der Waals surface area contributed by atoms with Crippen LogP contribution in [0.5, 0.6) is 11.5 Å². The average Bonchev–Trinajstić information content (AvgIpc) is 2.90. The fraction of sp³-hybridized carbons (Fsp3) is 0.467. The first-order valence-electron chi connectivity index (χ1n) is 6.97. The van der Waals surface area contributed by atoms with Crippen LogP contribution in [-0.4, -0.2) is 23.8 Å². The Kier molecular flexibility index (Phi) is 5.16. The maximum absolute atomic E-state index is 5.69. The van der Waals surface area contributed by atoms with Crippen molar-refractivity contribution in [3.8, 4) is 11.5 Å². The zero-order valence-electron chi connectivity index (χ0n) is 12.8. The Bertz CT molecular complexity index is 583. The minimum absolute atomic E-state index is 0.246. The topological polar surface area (TPSA) is 69.4 Å². The lowest BCUT2D eigenvalue weighted by molar-refractivity contribution is 0.269. The smallest absolute Gasteiger partial charge is 0.223 e. The molecule has 1 N–H and O–H groups in total. The fourth-order valence-electron chi connectivity index (χ4n) is 2.04. The van der Waals surface area contributed by atoms with E-state index in [0.29, 0.717) is 23.2 Å². The van der Waals surface area contributed by atoms with Crippen LogP contribution in [0.2, 0.25) is 0 Å². The van der Waals surface area contributed by atoms with Crippen molar-refractivity contribution in [2.75, 3.05) is 13.7 Å². The van der Waals surface area contributed by atoms with Crippen molar-refractivity contribution in [3.05, 3.63) is 35.5 Å². The molecule has 6 nitrogen and oxygen atoms in total. The van der Waals surface area contributed by atoms with Gasteiger partial charge in [-0.25, -0.2) is 0 Å². The van der Waals surface area contributed by atoms with E-state index in [0.717, 1.165) is 12.1 Å².